The predicted molar refractivity (Wildman–Crippen MR) is 107 cm³/mol. The number of halogens is 1. The van der Waals surface area contributed by atoms with Crippen LogP contribution in [0.1, 0.15) is 18.5 Å². The SMILES string of the molecule is CC(c1ccc(Cl)cc1)N(C)C(=O)Nc1ccc(OCC(=O)N(C)C)cc1. The molecule has 7 heteroatoms. The number of carbonyl (C=O) groups excluding carboxylic acids is 2. The molecule has 0 bridgehead atoms. The van der Waals surface area contributed by atoms with E-state index in [1.54, 1.807) is 62.4 Å². The second-order valence-corrected chi connectivity index (χ2v) is 6.81. The molecule has 0 saturated heterocycles. The first-order valence-electron chi connectivity index (χ1n) is 8.50. The van der Waals surface area contributed by atoms with Gasteiger partial charge in [-0.3, -0.25) is 4.79 Å². The van der Waals surface area contributed by atoms with Gasteiger partial charge in [-0.25, -0.2) is 4.79 Å². The van der Waals surface area contributed by atoms with Crippen LogP contribution in [0, 0.1) is 0 Å². The fourth-order valence-corrected chi connectivity index (χ4v) is 2.39. The van der Waals surface area contributed by atoms with E-state index >= 15 is 0 Å². The molecule has 0 heterocycles. The Hall–Kier alpha value is -2.73. The third kappa shape index (κ3) is 5.89. The van der Waals surface area contributed by atoms with Gasteiger partial charge in [0.15, 0.2) is 6.61 Å². The first kappa shape index (κ1) is 20.6. The van der Waals surface area contributed by atoms with Crippen molar-refractivity contribution in [2.75, 3.05) is 33.1 Å². The van der Waals surface area contributed by atoms with Crippen LogP contribution in [0.25, 0.3) is 0 Å². The lowest BCUT2D eigenvalue weighted by molar-refractivity contribution is -0.130. The van der Waals surface area contributed by atoms with Crippen LogP contribution in [0.3, 0.4) is 0 Å². The van der Waals surface area contributed by atoms with Crippen molar-refractivity contribution in [1.29, 1.82) is 0 Å². The van der Waals surface area contributed by atoms with Crippen LogP contribution in [-0.4, -0.2) is 49.5 Å². The highest BCUT2D eigenvalue weighted by Gasteiger charge is 2.17. The first-order chi connectivity index (χ1) is 12.8. The normalized spacial score (nSPS) is 11.4. The van der Waals surface area contributed by atoms with E-state index in [1.165, 1.54) is 4.90 Å². The number of nitrogens with zero attached hydrogens (tertiary/aromatic N) is 2. The summed E-state index contributed by atoms with van der Waals surface area (Å²) in [6.07, 6.45) is 0. The van der Waals surface area contributed by atoms with Gasteiger partial charge >= 0.3 is 6.03 Å². The largest absolute Gasteiger partial charge is 0.484 e. The smallest absolute Gasteiger partial charge is 0.322 e. The van der Waals surface area contributed by atoms with E-state index in [0.29, 0.717) is 16.5 Å². The van der Waals surface area contributed by atoms with Crippen LogP contribution >= 0.6 is 11.6 Å². The van der Waals surface area contributed by atoms with Crippen molar-refractivity contribution >= 4 is 29.2 Å². The number of urea groups is 1. The van der Waals surface area contributed by atoms with Gasteiger partial charge in [-0.05, 0) is 48.9 Å². The van der Waals surface area contributed by atoms with E-state index < -0.39 is 0 Å². The molecule has 0 fully saturated rings. The molecule has 1 N–H and O–H groups in total. The summed E-state index contributed by atoms with van der Waals surface area (Å²) in [5, 5.41) is 3.50. The van der Waals surface area contributed by atoms with E-state index in [9.17, 15) is 9.59 Å². The number of ether oxygens (including phenoxy) is 1. The molecular formula is C20H24ClN3O3. The molecular weight excluding hydrogens is 366 g/mol. The Morgan fingerprint density at radius 3 is 2.19 bits per heavy atom. The van der Waals surface area contributed by atoms with E-state index in [-0.39, 0.29) is 24.6 Å². The average molecular weight is 390 g/mol. The molecule has 0 radical (unpaired) electrons. The molecule has 0 aliphatic heterocycles. The molecule has 0 aliphatic carbocycles. The number of benzene rings is 2. The van der Waals surface area contributed by atoms with Crippen molar-refractivity contribution in [2.45, 2.75) is 13.0 Å². The van der Waals surface area contributed by atoms with E-state index in [4.69, 9.17) is 16.3 Å². The molecule has 27 heavy (non-hydrogen) atoms. The summed E-state index contributed by atoms with van der Waals surface area (Å²) in [7, 11) is 5.08. The molecule has 2 rings (SSSR count). The Bertz CT molecular complexity index is 776. The van der Waals surface area contributed by atoms with Crippen molar-refractivity contribution in [1.82, 2.24) is 9.80 Å². The number of nitrogens with one attached hydrogen (secondary N) is 1. The molecule has 144 valence electrons. The topological polar surface area (TPSA) is 61.9 Å². The van der Waals surface area contributed by atoms with Gasteiger partial charge < -0.3 is 19.9 Å². The maximum atomic E-state index is 12.5. The molecule has 0 aliphatic rings. The fourth-order valence-electron chi connectivity index (χ4n) is 2.26. The van der Waals surface area contributed by atoms with Gasteiger partial charge in [0.05, 0.1) is 6.04 Å². The summed E-state index contributed by atoms with van der Waals surface area (Å²) in [6.45, 7) is 1.92. The van der Waals surface area contributed by atoms with Crippen molar-refractivity contribution in [2.24, 2.45) is 0 Å². The Labute approximate surface area is 164 Å². The van der Waals surface area contributed by atoms with Crippen LogP contribution in [0.5, 0.6) is 5.75 Å². The van der Waals surface area contributed by atoms with E-state index in [0.717, 1.165) is 5.56 Å². The molecule has 2 aromatic rings. The predicted octanol–water partition coefficient (Wildman–Crippen LogP) is 4.03. The van der Waals surface area contributed by atoms with Crippen LogP contribution < -0.4 is 10.1 Å². The van der Waals surface area contributed by atoms with Crippen LogP contribution in [-0.2, 0) is 4.79 Å². The zero-order chi connectivity index (χ0) is 20.0. The standard InChI is InChI=1S/C20H24ClN3O3/c1-14(15-5-7-16(21)8-6-15)24(4)20(26)22-17-9-11-18(12-10-17)27-13-19(25)23(2)3/h5-12,14H,13H2,1-4H3,(H,22,26). The van der Waals surface area contributed by atoms with Gasteiger partial charge in [0, 0.05) is 31.9 Å². The van der Waals surface area contributed by atoms with Gasteiger partial charge in [-0.1, -0.05) is 23.7 Å². The highest BCUT2D eigenvalue weighted by molar-refractivity contribution is 6.30. The van der Waals surface area contributed by atoms with Gasteiger partial charge in [0.2, 0.25) is 0 Å². The van der Waals surface area contributed by atoms with Crippen LogP contribution in [0.2, 0.25) is 5.02 Å². The lowest BCUT2D eigenvalue weighted by atomic mass is 10.1. The Morgan fingerprint density at radius 2 is 1.63 bits per heavy atom. The Balaban J connectivity index is 1.92. The lowest BCUT2D eigenvalue weighted by Gasteiger charge is -2.25. The minimum Gasteiger partial charge on any atom is -0.484 e. The third-order valence-electron chi connectivity index (χ3n) is 4.22. The van der Waals surface area contributed by atoms with Gasteiger partial charge in [-0.15, -0.1) is 0 Å². The lowest BCUT2D eigenvalue weighted by Crippen LogP contribution is -2.33. The summed E-state index contributed by atoms with van der Waals surface area (Å²) in [5.41, 5.74) is 1.63. The highest BCUT2D eigenvalue weighted by atomic mass is 35.5. The monoisotopic (exact) mass is 389 g/mol. The van der Waals surface area contributed by atoms with E-state index in [1.807, 2.05) is 19.1 Å². The Kier molecular flexibility index (Phi) is 7.07. The van der Waals surface area contributed by atoms with E-state index in [2.05, 4.69) is 5.32 Å². The molecule has 0 saturated carbocycles. The fraction of sp³-hybridized carbons (Fsp3) is 0.300. The molecule has 0 spiro atoms. The van der Waals surface area contributed by atoms with Gasteiger partial charge in [0.1, 0.15) is 5.75 Å². The summed E-state index contributed by atoms with van der Waals surface area (Å²) < 4.78 is 5.42. The van der Waals surface area contributed by atoms with Crippen molar-refractivity contribution in [3.63, 3.8) is 0 Å². The third-order valence-corrected chi connectivity index (χ3v) is 4.47. The molecule has 1 atom stereocenters. The minimum atomic E-state index is -0.228. The Morgan fingerprint density at radius 1 is 1.04 bits per heavy atom. The van der Waals surface area contributed by atoms with Gasteiger partial charge in [0.25, 0.3) is 5.91 Å². The zero-order valence-corrected chi connectivity index (χ0v) is 16.7. The maximum Gasteiger partial charge on any atom is 0.322 e. The zero-order valence-electron chi connectivity index (χ0n) is 15.9. The number of rotatable bonds is 6. The molecule has 6 nitrogen and oxygen atoms in total. The van der Waals surface area contributed by atoms with Crippen molar-refractivity contribution in [3.8, 4) is 5.75 Å². The minimum absolute atomic E-state index is 0.0277. The number of hydrogen-bond donors (Lipinski definition) is 1. The van der Waals surface area contributed by atoms with Crippen LogP contribution in [0.15, 0.2) is 48.5 Å². The summed E-state index contributed by atoms with van der Waals surface area (Å²) in [4.78, 5) is 27.1. The number of anilines is 1. The number of hydrogen-bond acceptors (Lipinski definition) is 3. The second kappa shape index (κ2) is 9.28. The highest BCUT2D eigenvalue weighted by Crippen LogP contribution is 2.22. The summed E-state index contributed by atoms with van der Waals surface area (Å²) in [6, 6.07) is 14.0. The van der Waals surface area contributed by atoms with Gasteiger partial charge in [-0.2, -0.15) is 0 Å². The second-order valence-electron chi connectivity index (χ2n) is 6.37. The first-order valence-corrected chi connectivity index (χ1v) is 8.88. The van der Waals surface area contributed by atoms with Crippen LogP contribution in [0.4, 0.5) is 10.5 Å². The number of carbonyl (C=O) groups is 2. The summed E-state index contributed by atoms with van der Waals surface area (Å²) >= 11 is 5.91. The maximum absolute atomic E-state index is 12.5. The number of amides is 3. The van der Waals surface area contributed by atoms with Crippen molar-refractivity contribution < 1.29 is 14.3 Å². The summed E-state index contributed by atoms with van der Waals surface area (Å²) in [5.74, 6) is 0.441. The molecule has 1 unspecified atom stereocenters. The van der Waals surface area contributed by atoms with Crippen molar-refractivity contribution in [3.05, 3.63) is 59.1 Å². The molecule has 0 aromatic heterocycles. The molecule has 2 aromatic carbocycles. The number of likely N-dealkylation sites (N-methyl/N-ethyl adjacent to an activating group) is 1. The average Bonchev–Trinajstić information content (AvgIpc) is 2.66. The molecule has 3 amide bonds. The quantitative estimate of drug-likeness (QED) is 0.811.